The molecule has 0 aliphatic heterocycles. The molecular formula is C16H15NO4. The van der Waals surface area contributed by atoms with Gasteiger partial charge in [-0.2, -0.15) is 0 Å². The van der Waals surface area contributed by atoms with Crippen LogP contribution in [0.4, 0.5) is 5.69 Å². The van der Waals surface area contributed by atoms with Crippen LogP contribution in [0.15, 0.2) is 59.2 Å². The number of rotatable bonds is 5. The van der Waals surface area contributed by atoms with Gasteiger partial charge in [-0.3, -0.25) is 4.79 Å². The molecule has 108 valence electrons. The molecule has 0 spiro atoms. The quantitative estimate of drug-likeness (QED) is 0.625. The molecule has 0 saturated carbocycles. The molecule has 1 heterocycles. The molecule has 5 nitrogen and oxygen atoms in total. The van der Waals surface area contributed by atoms with Crippen LogP contribution < -0.4 is 4.90 Å². The number of para-hydroxylation sites is 1. The Morgan fingerprint density at radius 2 is 1.95 bits per heavy atom. The maximum absolute atomic E-state index is 11.9. The summed E-state index contributed by atoms with van der Waals surface area (Å²) >= 11 is 0. The van der Waals surface area contributed by atoms with Crippen LogP contribution in [0, 0.1) is 0 Å². The van der Waals surface area contributed by atoms with Gasteiger partial charge in [-0.05, 0) is 30.3 Å². The number of nitrogens with zero attached hydrogens (tertiary/aromatic N) is 1. The Morgan fingerprint density at radius 3 is 2.62 bits per heavy atom. The van der Waals surface area contributed by atoms with E-state index in [2.05, 4.69) is 0 Å². The van der Waals surface area contributed by atoms with E-state index in [0.717, 1.165) is 5.69 Å². The minimum Gasteiger partial charge on any atom is -0.465 e. The summed E-state index contributed by atoms with van der Waals surface area (Å²) in [6.07, 6.45) is 4.20. The van der Waals surface area contributed by atoms with Crippen LogP contribution in [0.25, 0.3) is 6.08 Å². The van der Waals surface area contributed by atoms with E-state index < -0.39 is 5.97 Å². The van der Waals surface area contributed by atoms with Crippen LogP contribution in [0.3, 0.4) is 0 Å². The predicted molar refractivity (Wildman–Crippen MR) is 78.6 cm³/mol. The molecule has 0 aliphatic rings. The van der Waals surface area contributed by atoms with Crippen LogP contribution in [-0.2, 0) is 14.3 Å². The minimum absolute atomic E-state index is 0.305. The van der Waals surface area contributed by atoms with Crippen molar-refractivity contribution in [3.8, 4) is 0 Å². The van der Waals surface area contributed by atoms with Gasteiger partial charge in [-0.1, -0.05) is 18.2 Å². The summed E-state index contributed by atoms with van der Waals surface area (Å²) in [6, 6.07) is 12.5. The lowest BCUT2D eigenvalue weighted by molar-refractivity contribution is -0.142. The number of ether oxygens (including phenoxy) is 1. The molecule has 0 bridgehead atoms. The van der Waals surface area contributed by atoms with Gasteiger partial charge in [0.1, 0.15) is 5.76 Å². The van der Waals surface area contributed by atoms with E-state index in [-0.39, 0.29) is 12.5 Å². The molecular weight excluding hydrogens is 270 g/mol. The third-order valence-electron chi connectivity index (χ3n) is 2.78. The van der Waals surface area contributed by atoms with E-state index >= 15 is 0 Å². The highest BCUT2D eigenvalue weighted by atomic mass is 16.5. The lowest BCUT2D eigenvalue weighted by Gasteiger charge is -2.16. The highest BCUT2D eigenvalue weighted by Crippen LogP contribution is 2.11. The summed E-state index contributed by atoms with van der Waals surface area (Å²) in [5.41, 5.74) is 0.740. The Labute approximate surface area is 122 Å². The number of anilines is 1. The monoisotopic (exact) mass is 285 g/mol. The normalized spacial score (nSPS) is 10.5. The number of benzene rings is 1. The SMILES string of the molecule is CN(C(=O)COC(=O)/C=C/c1ccco1)c1ccccc1. The molecule has 0 atom stereocenters. The van der Waals surface area contributed by atoms with Crippen molar-refractivity contribution in [2.45, 2.75) is 0 Å². The van der Waals surface area contributed by atoms with Gasteiger partial charge in [-0.25, -0.2) is 4.79 Å². The fraction of sp³-hybridized carbons (Fsp3) is 0.125. The molecule has 0 radical (unpaired) electrons. The zero-order chi connectivity index (χ0) is 15.1. The fourth-order valence-corrected chi connectivity index (χ4v) is 1.61. The molecule has 0 fully saturated rings. The standard InChI is InChI=1S/C16H15NO4/c1-17(13-6-3-2-4-7-13)15(18)12-21-16(19)10-9-14-8-5-11-20-14/h2-11H,12H2,1H3/b10-9+. The van der Waals surface area contributed by atoms with Crippen LogP contribution in [0.2, 0.25) is 0 Å². The molecule has 0 aliphatic carbocycles. The van der Waals surface area contributed by atoms with Crippen molar-refractivity contribution in [1.82, 2.24) is 0 Å². The Bertz CT molecular complexity index is 617. The minimum atomic E-state index is -0.596. The number of hydrogen-bond donors (Lipinski definition) is 0. The zero-order valence-electron chi connectivity index (χ0n) is 11.6. The summed E-state index contributed by atoms with van der Waals surface area (Å²) in [6.45, 7) is -0.313. The number of hydrogen-bond acceptors (Lipinski definition) is 4. The average molecular weight is 285 g/mol. The van der Waals surface area contributed by atoms with E-state index in [1.165, 1.54) is 23.3 Å². The number of esters is 1. The highest BCUT2D eigenvalue weighted by Gasteiger charge is 2.12. The second-order valence-electron chi connectivity index (χ2n) is 4.24. The molecule has 1 aromatic carbocycles. The average Bonchev–Trinajstić information content (AvgIpc) is 3.04. The van der Waals surface area contributed by atoms with E-state index in [4.69, 9.17) is 9.15 Å². The third kappa shape index (κ3) is 4.35. The van der Waals surface area contributed by atoms with Crippen LogP contribution >= 0.6 is 0 Å². The van der Waals surface area contributed by atoms with Crippen molar-refractivity contribution in [1.29, 1.82) is 0 Å². The summed E-state index contributed by atoms with van der Waals surface area (Å²) in [7, 11) is 1.63. The highest BCUT2D eigenvalue weighted by molar-refractivity contribution is 5.96. The fourth-order valence-electron chi connectivity index (χ4n) is 1.61. The lowest BCUT2D eigenvalue weighted by atomic mass is 10.3. The maximum atomic E-state index is 11.9. The summed E-state index contributed by atoms with van der Waals surface area (Å²) in [5.74, 6) is -0.359. The second kappa shape index (κ2) is 7.09. The summed E-state index contributed by atoms with van der Waals surface area (Å²) < 4.78 is 9.92. The van der Waals surface area contributed by atoms with Crippen molar-refractivity contribution in [3.63, 3.8) is 0 Å². The van der Waals surface area contributed by atoms with Gasteiger partial charge < -0.3 is 14.1 Å². The Kier molecular flexibility index (Phi) is 4.93. The van der Waals surface area contributed by atoms with Crippen molar-refractivity contribution >= 4 is 23.6 Å². The first-order chi connectivity index (χ1) is 10.2. The van der Waals surface area contributed by atoms with Crippen molar-refractivity contribution in [2.24, 2.45) is 0 Å². The van der Waals surface area contributed by atoms with Gasteiger partial charge in [0.15, 0.2) is 6.61 Å². The van der Waals surface area contributed by atoms with Gasteiger partial charge >= 0.3 is 5.97 Å². The summed E-state index contributed by atoms with van der Waals surface area (Å²) in [4.78, 5) is 24.8. The number of amides is 1. The molecule has 0 unspecified atom stereocenters. The molecule has 1 amide bonds. The predicted octanol–water partition coefficient (Wildman–Crippen LogP) is 2.50. The van der Waals surface area contributed by atoms with Crippen LogP contribution in [-0.4, -0.2) is 25.5 Å². The molecule has 2 rings (SSSR count). The van der Waals surface area contributed by atoms with Crippen molar-refractivity contribution in [3.05, 3.63) is 60.6 Å². The van der Waals surface area contributed by atoms with E-state index in [1.54, 1.807) is 31.3 Å². The van der Waals surface area contributed by atoms with E-state index in [0.29, 0.717) is 5.76 Å². The molecule has 0 saturated heterocycles. The smallest absolute Gasteiger partial charge is 0.331 e. The molecule has 5 heteroatoms. The Hall–Kier alpha value is -2.82. The topological polar surface area (TPSA) is 59.8 Å². The zero-order valence-corrected chi connectivity index (χ0v) is 11.6. The largest absolute Gasteiger partial charge is 0.465 e. The van der Waals surface area contributed by atoms with Gasteiger partial charge in [0.05, 0.1) is 6.26 Å². The van der Waals surface area contributed by atoms with Gasteiger partial charge in [0.2, 0.25) is 0 Å². The van der Waals surface area contributed by atoms with Crippen LogP contribution in [0.1, 0.15) is 5.76 Å². The number of carbonyl (C=O) groups excluding carboxylic acids is 2. The molecule has 2 aromatic rings. The maximum Gasteiger partial charge on any atom is 0.331 e. The number of likely N-dealkylation sites (N-methyl/N-ethyl adjacent to an activating group) is 1. The van der Waals surface area contributed by atoms with Gasteiger partial charge in [0, 0.05) is 18.8 Å². The van der Waals surface area contributed by atoms with Gasteiger partial charge in [0.25, 0.3) is 5.91 Å². The van der Waals surface area contributed by atoms with Gasteiger partial charge in [-0.15, -0.1) is 0 Å². The molecule has 0 N–H and O–H groups in total. The number of carbonyl (C=O) groups is 2. The van der Waals surface area contributed by atoms with E-state index in [9.17, 15) is 9.59 Å². The van der Waals surface area contributed by atoms with Crippen molar-refractivity contribution < 1.29 is 18.7 Å². The van der Waals surface area contributed by atoms with Crippen LogP contribution in [0.5, 0.6) is 0 Å². The molecule has 21 heavy (non-hydrogen) atoms. The van der Waals surface area contributed by atoms with E-state index in [1.807, 2.05) is 18.2 Å². The first-order valence-electron chi connectivity index (χ1n) is 6.37. The molecule has 1 aromatic heterocycles. The Balaban J connectivity index is 1.82. The second-order valence-corrected chi connectivity index (χ2v) is 4.24. The third-order valence-corrected chi connectivity index (χ3v) is 2.78. The summed E-state index contributed by atoms with van der Waals surface area (Å²) in [5, 5.41) is 0. The lowest BCUT2D eigenvalue weighted by Crippen LogP contribution is -2.30. The Morgan fingerprint density at radius 1 is 1.19 bits per heavy atom. The first kappa shape index (κ1) is 14.6. The first-order valence-corrected chi connectivity index (χ1v) is 6.37. The number of furan rings is 1. The van der Waals surface area contributed by atoms with Crippen molar-refractivity contribution in [2.75, 3.05) is 18.6 Å².